The van der Waals surface area contributed by atoms with E-state index in [4.69, 9.17) is 19.9 Å². The van der Waals surface area contributed by atoms with Crippen LogP contribution in [-0.4, -0.2) is 54.9 Å². The molecule has 1 fully saturated rings. The molecule has 156 valence electrons. The number of halogens is 1. The fraction of sp³-hybridized carbons (Fsp3) is 0.381. The lowest BCUT2D eigenvalue weighted by Gasteiger charge is -2.36. The van der Waals surface area contributed by atoms with E-state index in [0.29, 0.717) is 36.8 Å². The van der Waals surface area contributed by atoms with Crippen molar-refractivity contribution in [1.29, 1.82) is 0 Å². The fourth-order valence-corrected chi connectivity index (χ4v) is 3.26. The zero-order valence-corrected chi connectivity index (χ0v) is 16.2. The van der Waals surface area contributed by atoms with Crippen LogP contribution >= 0.6 is 0 Å². The Morgan fingerprint density at radius 1 is 1.24 bits per heavy atom. The van der Waals surface area contributed by atoms with Crippen molar-refractivity contribution in [1.82, 2.24) is 4.90 Å². The summed E-state index contributed by atoms with van der Waals surface area (Å²) in [6.07, 6.45) is -0.450. The van der Waals surface area contributed by atoms with Gasteiger partial charge in [0.1, 0.15) is 23.8 Å². The summed E-state index contributed by atoms with van der Waals surface area (Å²) in [6, 6.07) is 11.5. The fourth-order valence-electron chi connectivity index (χ4n) is 3.26. The van der Waals surface area contributed by atoms with Gasteiger partial charge in [-0.1, -0.05) is 12.1 Å². The molecule has 0 saturated carbocycles. The topological polar surface area (TPSA) is 94.3 Å². The summed E-state index contributed by atoms with van der Waals surface area (Å²) in [5.74, 6) is 0.367. The zero-order valence-electron chi connectivity index (χ0n) is 16.2. The third-order valence-corrected chi connectivity index (χ3v) is 4.72. The molecule has 0 spiro atoms. The van der Waals surface area contributed by atoms with E-state index in [2.05, 4.69) is 4.90 Å². The summed E-state index contributed by atoms with van der Waals surface area (Å²) >= 11 is 0. The molecule has 1 saturated heterocycles. The summed E-state index contributed by atoms with van der Waals surface area (Å²) in [5.41, 5.74) is 6.12. The molecule has 1 aliphatic heterocycles. The summed E-state index contributed by atoms with van der Waals surface area (Å²) in [7, 11) is 1.45. The van der Waals surface area contributed by atoms with Crippen LogP contribution in [0.1, 0.15) is 12.0 Å². The lowest BCUT2D eigenvalue weighted by molar-refractivity contribution is -0.119. The van der Waals surface area contributed by atoms with Gasteiger partial charge in [0.05, 0.1) is 7.11 Å². The standard InChI is InChI=1S/C21H25FN2O5/c1-27-20-10-15(22)4-7-19(20)29-18-8-9-24(12-17(18)25)11-14-2-5-16(6-3-14)28-13-21(23)26/h2-7,10,17-18,25H,8-9,11-13H2,1H3,(H2,23,26)/t17-,18-/m1/s1. The van der Waals surface area contributed by atoms with Crippen molar-refractivity contribution < 1.29 is 28.5 Å². The highest BCUT2D eigenvalue weighted by atomic mass is 19.1. The third kappa shape index (κ3) is 5.82. The second-order valence-corrected chi connectivity index (χ2v) is 6.94. The molecule has 1 amide bonds. The molecule has 1 aliphatic rings. The first kappa shape index (κ1) is 20.9. The number of aliphatic hydroxyl groups excluding tert-OH is 1. The highest BCUT2D eigenvalue weighted by Gasteiger charge is 2.30. The van der Waals surface area contributed by atoms with Crippen LogP contribution < -0.4 is 19.9 Å². The minimum absolute atomic E-state index is 0.155. The Morgan fingerprint density at radius 3 is 2.66 bits per heavy atom. The van der Waals surface area contributed by atoms with Gasteiger partial charge < -0.3 is 25.1 Å². The van der Waals surface area contributed by atoms with Crippen LogP contribution in [0.4, 0.5) is 4.39 Å². The van der Waals surface area contributed by atoms with Crippen LogP contribution in [-0.2, 0) is 11.3 Å². The number of carbonyl (C=O) groups is 1. The monoisotopic (exact) mass is 404 g/mol. The van der Waals surface area contributed by atoms with Crippen molar-refractivity contribution in [3.63, 3.8) is 0 Å². The van der Waals surface area contributed by atoms with E-state index in [1.54, 1.807) is 12.1 Å². The van der Waals surface area contributed by atoms with E-state index in [9.17, 15) is 14.3 Å². The van der Waals surface area contributed by atoms with Gasteiger partial charge >= 0.3 is 0 Å². The molecule has 1 heterocycles. The van der Waals surface area contributed by atoms with Crippen LogP contribution in [0.5, 0.6) is 17.2 Å². The Morgan fingerprint density at radius 2 is 2.00 bits per heavy atom. The van der Waals surface area contributed by atoms with Crippen molar-refractivity contribution in [2.45, 2.75) is 25.2 Å². The number of nitrogens with two attached hydrogens (primary N) is 1. The number of β-amino-alcohol motifs (C(OH)–C–C–N with tert-alkyl or cyclic N) is 1. The highest BCUT2D eigenvalue weighted by Crippen LogP contribution is 2.30. The Bertz CT molecular complexity index is 830. The molecule has 7 nitrogen and oxygen atoms in total. The molecule has 0 aliphatic carbocycles. The Kier molecular flexibility index (Phi) is 6.90. The SMILES string of the molecule is COc1cc(F)ccc1O[C@@H]1CCN(Cc2ccc(OCC(N)=O)cc2)C[C@H]1O. The number of likely N-dealkylation sites (tertiary alicyclic amines) is 1. The van der Waals surface area contributed by atoms with Crippen LogP contribution in [0, 0.1) is 5.82 Å². The summed E-state index contributed by atoms with van der Waals surface area (Å²) in [6.45, 7) is 1.71. The van der Waals surface area contributed by atoms with Crippen molar-refractivity contribution >= 4 is 5.91 Å². The number of ether oxygens (including phenoxy) is 3. The normalized spacial score (nSPS) is 19.6. The number of piperidine rings is 1. The summed E-state index contributed by atoms with van der Waals surface area (Å²) in [5, 5.41) is 10.5. The Balaban J connectivity index is 1.53. The third-order valence-electron chi connectivity index (χ3n) is 4.72. The van der Waals surface area contributed by atoms with Crippen molar-refractivity contribution in [2.24, 2.45) is 5.73 Å². The van der Waals surface area contributed by atoms with Crippen LogP contribution in [0.25, 0.3) is 0 Å². The van der Waals surface area contributed by atoms with Crippen molar-refractivity contribution in [3.8, 4) is 17.2 Å². The molecular formula is C21H25FN2O5. The molecule has 3 N–H and O–H groups in total. The second kappa shape index (κ2) is 9.58. The van der Waals surface area contributed by atoms with Gasteiger partial charge in [0.15, 0.2) is 18.1 Å². The van der Waals surface area contributed by atoms with Gasteiger partial charge in [-0.3, -0.25) is 9.69 Å². The molecule has 0 aromatic heterocycles. The maximum absolute atomic E-state index is 13.3. The predicted octanol–water partition coefficient (Wildman–Crippen LogP) is 1.71. The number of nitrogens with zero attached hydrogens (tertiary/aromatic N) is 1. The molecule has 2 aromatic carbocycles. The number of methoxy groups -OCH3 is 1. The van der Waals surface area contributed by atoms with Gasteiger partial charge in [-0.25, -0.2) is 4.39 Å². The van der Waals surface area contributed by atoms with Crippen LogP contribution in [0.3, 0.4) is 0 Å². The van der Waals surface area contributed by atoms with Crippen LogP contribution in [0.2, 0.25) is 0 Å². The molecule has 29 heavy (non-hydrogen) atoms. The number of amides is 1. The Hall–Kier alpha value is -2.84. The van der Waals surface area contributed by atoms with Gasteiger partial charge in [0.2, 0.25) is 0 Å². The molecular weight excluding hydrogens is 379 g/mol. The lowest BCUT2D eigenvalue weighted by Crippen LogP contribution is -2.48. The average molecular weight is 404 g/mol. The first-order valence-corrected chi connectivity index (χ1v) is 9.35. The number of primary amides is 1. The number of hydrogen-bond acceptors (Lipinski definition) is 6. The highest BCUT2D eigenvalue weighted by molar-refractivity contribution is 5.75. The number of carbonyl (C=O) groups excluding carboxylic acids is 1. The van der Waals surface area contributed by atoms with Gasteiger partial charge in [0, 0.05) is 25.7 Å². The van der Waals surface area contributed by atoms with Crippen molar-refractivity contribution in [2.75, 3.05) is 26.8 Å². The zero-order chi connectivity index (χ0) is 20.8. The molecule has 3 rings (SSSR count). The number of benzene rings is 2. The number of aliphatic hydroxyl groups is 1. The predicted molar refractivity (Wildman–Crippen MR) is 104 cm³/mol. The molecule has 0 radical (unpaired) electrons. The largest absolute Gasteiger partial charge is 0.493 e. The molecule has 0 unspecified atom stereocenters. The van der Waals surface area contributed by atoms with E-state index >= 15 is 0 Å². The van der Waals surface area contributed by atoms with E-state index in [0.717, 1.165) is 12.1 Å². The van der Waals surface area contributed by atoms with E-state index in [1.807, 2.05) is 12.1 Å². The van der Waals surface area contributed by atoms with Crippen LogP contribution in [0.15, 0.2) is 42.5 Å². The summed E-state index contributed by atoms with van der Waals surface area (Å²) in [4.78, 5) is 12.9. The lowest BCUT2D eigenvalue weighted by atomic mass is 10.0. The molecule has 2 atom stereocenters. The first-order valence-electron chi connectivity index (χ1n) is 9.35. The maximum Gasteiger partial charge on any atom is 0.255 e. The molecule has 8 heteroatoms. The maximum atomic E-state index is 13.3. The van der Waals surface area contributed by atoms with Crippen molar-refractivity contribution in [3.05, 3.63) is 53.8 Å². The van der Waals surface area contributed by atoms with Gasteiger partial charge in [-0.2, -0.15) is 0 Å². The van der Waals surface area contributed by atoms with Gasteiger partial charge in [-0.15, -0.1) is 0 Å². The van der Waals surface area contributed by atoms with E-state index < -0.39 is 23.9 Å². The van der Waals surface area contributed by atoms with E-state index in [-0.39, 0.29) is 6.61 Å². The minimum atomic E-state index is -0.684. The average Bonchev–Trinajstić information content (AvgIpc) is 2.70. The first-order chi connectivity index (χ1) is 13.9. The quantitative estimate of drug-likeness (QED) is 0.696. The van der Waals surface area contributed by atoms with Gasteiger partial charge in [0.25, 0.3) is 5.91 Å². The molecule has 2 aromatic rings. The number of rotatable bonds is 8. The Labute approximate surface area is 168 Å². The minimum Gasteiger partial charge on any atom is -0.493 e. The molecule has 0 bridgehead atoms. The smallest absolute Gasteiger partial charge is 0.255 e. The van der Waals surface area contributed by atoms with E-state index in [1.165, 1.54) is 25.3 Å². The summed E-state index contributed by atoms with van der Waals surface area (Å²) < 4.78 is 29.6. The number of hydrogen-bond donors (Lipinski definition) is 2. The second-order valence-electron chi connectivity index (χ2n) is 6.94. The van der Waals surface area contributed by atoms with Gasteiger partial charge in [-0.05, 0) is 36.2 Å².